The predicted octanol–water partition coefficient (Wildman–Crippen LogP) is 3.42. The SMILES string of the molecule is CCCC(CBr)(CCC)CN(CCO)C1CC1. The van der Waals surface area contributed by atoms with Crippen LogP contribution in [0.4, 0.5) is 0 Å². The van der Waals surface area contributed by atoms with E-state index in [0.29, 0.717) is 12.0 Å². The van der Waals surface area contributed by atoms with Crippen LogP contribution in [0, 0.1) is 5.41 Å². The molecule has 17 heavy (non-hydrogen) atoms. The summed E-state index contributed by atoms with van der Waals surface area (Å²) < 4.78 is 0. The highest BCUT2D eigenvalue weighted by Gasteiger charge is 2.35. The highest BCUT2D eigenvalue weighted by Crippen LogP contribution is 2.36. The molecule has 0 bridgehead atoms. The lowest BCUT2D eigenvalue weighted by molar-refractivity contribution is 0.117. The Hall–Kier alpha value is 0.400. The standard InChI is InChI=1S/C14H28BrNO/c1-3-7-14(11-15,8-4-2)12-16(9-10-17)13-5-6-13/h13,17H,3-12H2,1-2H3. The zero-order chi connectivity index (χ0) is 12.7. The molecule has 0 atom stereocenters. The Morgan fingerprint density at radius 1 is 1.24 bits per heavy atom. The maximum absolute atomic E-state index is 9.19. The fraction of sp³-hybridized carbons (Fsp3) is 1.00. The predicted molar refractivity (Wildman–Crippen MR) is 77.7 cm³/mol. The van der Waals surface area contributed by atoms with Crippen LogP contribution in [0.5, 0.6) is 0 Å². The van der Waals surface area contributed by atoms with Crippen molar-refractivity contribution in [3.05, 3.63) is 0 Å². The molecule has 0 heterocycles. The lowest BCUT2D eigenvalue weighted by Gasteiger charge is -2.37. The summed E-state index contributed by atoms with van der Waals surface area (Å²) in [5.41, 5.74) is 0.418. The third-order valence-electron chi connectivity index (χ3n) is 3.83. The molecule has 1 aliphatic rings. The molecule has 0 saturated heterocycles. The summed E-state index contributed by atoms with van der Waals surface area (Å²) in [7, 11) is 0. The van der Waals surface area contributed by atoms with Crippen molar-refractivity contribution in [2.75, 3.05) is 25.0 Å². The number of aliphatic hydroxyl groups excluding tert-OH is 1. The van der Waals surface area contributed by atoms with Crippen LogP contribution in [0.1, 0.15) is 52.4 Å². The summed E-state index contributed by atoms with van der Waals surface area (Å²) in [6.07, 6.45) is 7.75. The van der Waals surface area contributed by atoms with Gasteiger partial charge in [-0.3, -0.25) is 4.90 Å². The first kappa shape index (κ1) is 15.5. The molecule has 0 aromatic rings. The van der Waals surface area contributed by atoms with Crippen LogP contribution >= 0.6 is 15.9 Å². The van der Waals surface area contributed by atoms with Gasteiger partial charge in [-0.25, -0.2) is 0 Å². The van der Waals surface area contributed by atoms with Gasteiger partial charge in [0.15, 0.2) is 0 Å². The Morgan fingerprint density at radius 2 is 1.82 bits per heavy atom. The van der Waals surface area contributed by atoms with Crippen molar-refractivity contribution < 1.29 is 5.11 Å². The third kappa shape index (κ3) is 4.88. The monoisotopic (exact) mass is 305 g/mol. The summed E-state index contributed by atoms with van der Waals surface area (Å²) in [6.45, 7) is 6.87. The van der Waals surface area contributed by atoms with Crippen molar-refractivity contribution in [2.24, 2.45) is 5.41 Å². The third-order valence-corrected chi connectivity index (χ3v) is 5.02. The minimum Gasteiger partial charge on any atom is -0.395 e. The van der Waals surface area contributed by atoms with Crippen molar-refractivity contribution in [3.63, 3.8) is 0 Å². The van der Waals surface area contributed by atoms with Crippen LogP contribution in [-0.4, -0.2) is 41.1 Å². The number of hydrogen-bond donors (Lipinski definition) is 1. The summed E-state index contributed by atoms with van der Waals surface area (Å²) >= 11 is 3.74. The van der Waals surface area contributed by atoms with Crippen LogP contribution < -0.4 is 0 Å². The van der Waals surface area contributed by atoms with Gasteiger partial charge in [0.1, 0.15) is 0 Å². The summed E-state index contributed by atoms with van der Waals surface area (Å²) in [5.74, 6) is 0. The van der Waals surface area contributed by atoms with Crippen LogP contribution in [-0.2, 0) is 0 Å². The van der Waals surface area contributed by atoms with Gasteiger partial charge in [-0.1, -0.05) is 42.6 Å². The average Bonchev–Trinajstić information content (AvgIpc) is 3.13. The zero-order valence-corrected chi connectivity index (χ0v) is 13.0. The molecule has 1 saturated carbocycles. The maximum atomic E-state index is 9.19. The smallest absolute Gasteiger partial charge is 0.0558 e. The summed E-state index contributed by atoms with van der Waals surface area (Å²) in [6, 6.07) is 0.759. The molecule has 0 radical (unpaired) electrons. The van der Waals surface area contributed by atoms with Crippen molar-refractivity contribution in [1.29, 1.82) is 0 Å². The van der Waals surface area contributed by atoms with Gasteiger partial charge in [0.05, 0.1) is 6.61 Å². The van der Waals surface area contributed by atoms with Gasteiger partial charge < -0.3 is 5.11 Å². The van der Waals surface area contributed by atoms with Crippen LogP contribution in [0.25, 0.3) is 0 Å². The van der Waals surface area contributed by atoms with Gasteiger partial charge in [0.25, 0.3) is 0 Å². The number of alkyl halides is 1. The summed E-state index contributed by atoms with van der Waals surface area (Å²) in [4.78, 5) is 2.52. The second-order valence-corrected chi connectivity index (χ2v) is 6.12. The van der Waals surface area contributed by atoms with Gasteiger partial charge in [0, 0.05) is 24.5 Å². The molecule has 1 aliphatic carbocycles. The average molecular weight is 306 g/mol. The van der Waals surface area contributed by atoms with Crippen molar-refractivity contribution in [1.82, 2.24) is 4.90 Å². The number of halogens is 1. The summed E-state index contributed by atoms with van der Waals surface area (Å²) in [5, 5.41) is 10.3. The van der Waals surface area contributed by atoms with Gasteiger partial charge in [-0.15, -0.1) is 0 Å². The minimum atomic E-state index is 0.299. The molecule has 0 aromatic carbocycles. The second-order valence-electron chi connectivity index (χ2n) is 5.56. The van der Waals surface area contributed by atoms with E-state index in [9.17, 15) is 5.11 Å². The Kier molecular flexibility index (Phi) is 7.05. The van der Waals surface area contributed by atoms with Crippen molar-refractivity contribution in [2.45, 2.75) is 58.4 Å². The number of hydrogen-bond acceptors (Lipinski definition) is 2. The Balaban J connectivity index is 2.60. The molecule has 1 rings (SSSR count). The molecule has 0 aromatic heterocycles. The Morgan fingerprint density at radius 3 is 2.18 bits per heavy atom. The van der Waals surface area contributed by atoms with E-state index in [1.165, 1.54) is 38.5 Å². The molecule has 0 aliphatic heterocycles. The lowest BCUT2D eigenvalue weighted by Crippen LogP contribution is -2.41. The van der Waals surface area contributed by atoms with E-state index in [4.69, 9.17) is 0 Å². The van der Waals surface area contributed by atoms with E-state index in [1.54, 1.807) is 0 Å². The van der Waals surface area contributed by atoms with Crippen LogP contribution in [0.3, 0.4) is 0 Å². The molecule has 1 N–H and O–H groups in total. The van der Waals surface area contributed by atoms with Crippen molar-refractivity contribution in [3.8, 4) is 0 Å². The molecule has 0 amide bonds. The highest BCUT2D eigenvalue weighted by atomic mass is 79.9. The second kappa shape index (κ2) is 7.75. The van der Waals surface area contributed by atoms with Crippen LogP contribution in [0.15, 0.2) is 0 Å². The van der Waals surface area contributed by atoms with Gasteiger partial charge >= 0.3 is 0 Å². The fourth-order valence-corrected chi connectivity index (χ4v) is 3.65. The molecular formula is C14H28BrNO. The quantitative estimate of drug-likeness (QED) is 0.625. The molecule has 3 heteroatoms. The van der Waals surface area contributed by atoms with E-state index >= 15 is 0 Å². The molecular weight excluding hydrogens is 278 g/mol. The maximum Gasteiger partial charge on any atom is 0.0558 e. The molecule has 0 unspecified atom stereocenters. The van der Waals surface area contributed by atoms with E-state index in [-0.39, 0.29) is 0 Å². The molecule has 1 fully saturated rings. The number of aliphatic hydroxyl groups is 1. The normalized spacial score (nSPS) is 16.8. The Bertz CT molecular complexity index is 200. The first-order valence-electron chi connectivity index (χ1n) is 7.12. The van der Waals surface area contributed by atoms with Crippen molar-refractivity contribution >= 4 is 15.9 Å². The first-order chi connectivity index (χ1) is 8.21. The molecule has 2 nitrogen and oxygen atoms in total. The first-order valence-corrected chi connectivity index (χ1v) is 8.24. The van der Waals surface area contributed by atoms with E-state index in [0.717, 1.165) is 24.5 Å². The van der Waals surface area contributed by atoms with E-state index in [1.807, 2.05) is 0 Å². The zero-order valence-electron chi connectivity index (χ0n) is 11.4. The Labute approximate surface area is 115 Å². The van der Waals surface area contributed by atoms with Crippen LogP contribution in [0.2, 0.25) is 0 Å². The lowest BCUT2D eigenvalue weighted by atomic mass is 9.80. The minimum absolute atomic E-state index is 0.299. The molecule has 0 spiro atoms. The van der Waals surface area contributed by atoms with Gasteiger partial charge in [0.2, 0.25) is 0 Å². The van der Waals surface area contributed by atoms with E-state index in [2.05, 4.69) is 34.7 Å². The van der Waals surface area contributed by atoms with Gasteiger partial charge in [-0.2, -0.15) is 0 Å². The highest BCUT2D eigenvalue weighted by molar-refractivity contribution is 9.09. The largest absolute Gasteiger partial charge is 0.395 e. The number of nitrogens with zero attached hydrogens (tertiary/aromatic N) is 1. The molecule has 102 valence electrons. The fourth-order valence-electron chi connectivity index (χ4n) is 2.91. The van der Waals surface area contributed by atoms with E-state index < -0.39 is 0 Å². The number of rotatable bonds is 10. The van der Waals surface area contributed by atoms with Gasteiger partial charge in [-0.05, 0) is 31.1 Å². The topological polar surface area (TPSA) is 23.5 Å².